The van der Waals surface area contributed by atoms with Crippen LogP contribution in [0.15, 0.2) is 82.4 Å². The van der Waals surface area contributed by atoms with E-state index in [1.165, 1.54) is 11.6 Å². The highest BCUT2D eigenvalue weighted by Crippen LogP contribution is 2.45. The van der Waals surface area contributed by atoms with E-state index in [4.69, 9.17) is 4.74 Å². The number of hydrogen-bond donors (Lipinski definition) is 1. The molecule has 1 atom stereocenters. The van der Waals surface area contributed by atoms with Gasteiger partial charge in [-0.3, -0.25) is 13.9 Å². The predicted octanol–water partition coefficient (Wildman–Crippen LogP) is 4.53. The third-order valence-corrected chi connectivity index (χ3v) is 7.08. The Labute approximate surface area is 207 Å². The van der Waals surface area contributed by atoms with Gasteiger partial charge in [0.2, 0.25) is 0 Å². The molecule has 0 amide bonds. The smallest absolute Gasteiger partial charge is 0.331 e. The number of aromatic nitrogens is 3. The highest BCUT2D eigenvalue weighted by Gasteiger charge is 2.34. The largest absolute Gasteiger partial charge is 0.497 e. The number of nitrogens with one attached hydrogen (secondary N) is 1. The van der Waals surface area contributed by atoms with Crippen molar-refractivity contribution in [1.82, 2.24) is 13.7 Å². The molecule has 1 aliphatic heterocycles. The van der Waals surface area contributed by atoms with Gasteiger partial charge in [0.25, 0.3) is 5.56 Å². The zero-order valence-corrected chi connectivity index (χ0v) is 20.6. The van der Waals surface area contributed by atoms with Crippen molar-refractivity contribution in [2.45, 2.75) is 13.0 Å². The summed E-state index contributed by atoms with van der Waals surface area (Å²) in [6, 6.07) is 23.7. The van der Waals surface area contributed by atoms with Gasteiger partial charge in [-0.25, -0.2) is 4.79 Å². The first-order valence-corrected chi connectivity index (χ1v) is 11.8. The zero-order valence-electron chi connectivity index (χ0n) is 20.6. The number of aryl methyl sites for hydroxylation is 2. The lowest BCUT2D eigenvalue weighted by Crippen LogP contribution is -2.37. The summed E-state index contributed by atoms with van der Waals surface area (Å²) in [6.07, 6.45) is 0. The summed E-state index contributed by atoms with van der Waals surface area (Å²) in [5, 5.41) is 4.19. The summed E-state index contributed by atoms with van der Waals surface area (Å²) in [7, 11) is 4.90. The van der Waals surface area contributed by atoms with Gasteiger partial charge < -0.3 is 14.6 Å². The van der Waals surface area contributed by atoms with Gasteiger partial charge in [-0.05, 0) is 42.3 Å². The molecule has 7 nitrogen and oxygen atoms in total. The third-order valence-electron chi connectivity index (χ3n) is 7.08. The van der Waals surface area contributed by atoms with Crippen molar-refractivity contribution >= 4 is 16.6 Å². The van der Waals surface area contributed by atoms with Crippen molar-refractivity contribution in [1.29, 1.82) is 0 Å². The summed E-state index contributed by atoms with van der Waals surface area (Å²) in [6.45, 7) is 2.04. The van der Waals surface area contributed by atoms with Crippen LogP contribution < -0.4 is 21.3 Å². The van der Waals surface area contributed by atoms with Gasteiger partial charge in [0, 0.05) is 14.1 Å². The molecule has 1 N–H and O–H groups in total. The number of para-hydroxylation sites is 2. The Balaban J connectivity index is 1.84. The van der Waals surface area contributed by atoms with Gasteiger partial charge in [-0.15, -0.1) is 0 Å². The van der Waals surface area contributed by atoms with Crippen LogP contribution in [0.4, 0.5) is 5.69 Å². The lowest BCUT2D eigenvalue weighted by atomic mass is 9.99. The van der Waals surface area contributed by atoms with Crippen molar-refractivity contribution in [3.05, 3.63) is 110 Å². The van der Waals surface area contributed by atoms with E-state index in [-0.39, 0.29) is 17.3 Å². The van der Waals surface area contributed by atoms with Crippen LogP contribution in [0.1, 0.15) is 22.9 Å². The van der Waals surface area contributed by atoms with Crippen molar-refractivity contribution in [2.75, 3.05) is 12.4 Å². The average Bonchev–Trinajstić information content (AvgIpc) is 3.27. The molecule has 0 radical (unpaired) electrons. The molecule has 1 unspecified atom stereocenters. The van der Waals surface area contributed by atoms with Crippen molar-refractivity contribution in [2.24, 2.45) is 14.1 Å². The first-order valence-electron chi connectivity index (χ1n) is 11.8. The Hall–Kier alpha value is -4.52. The number of rotatable bonds is 3. The van der Waals surface area contributed by atoms with Gasteiger partial charge >= 0.3 is 5.69 Å². The number of hydrogen-bond acceptors (Lipinski definition) is 4. The molecule has 0 fully saturated rings. The highest BCUT2D eigenvalue weighted by molar-refractivity contribution is 5.99. The fraction of sp³-hybridized carbons (Fsp3) is 0.172. The normalized spacial score (nSPS) is 14.3. The standard InChI is InChI=1S/C29H26N4O3/c1-17-12-14-18(15-13-17)25-23-26(31(2)29(35)32(3)28(23)34)27-24(19-8-7-9-20(16-19)36-4)30-21-10-5-6-11-22(21)33(25)27/h5-16,24,30H,1-4H3. The minimum atomic E-state index is -0.361. The number of methoxy groups -OCH3 is 1. The van der Waals surface area contributed by atoms with Crippen LogP contribution in [0.3, 0.4) is 0 Å². The Kier molecular flexibility index (Phi) is 4.89. The van der Waals surface area contributed by atoms with Gasteiger partial charge in [0.05, 0.1) is 46.8 Å². The quantitative estimate of drug-likeness (QED) is 0.414. The Bertz CT molecular complexity index is 1770. The molecule has 6 rings (SSSR count). The monoisotopic (exact) mass is 478 g/mol. The zero-order chi connectivity index (χ0) is 25.1. The molecular weight excluding hydrogens is 452 g/mol. The molecule has 0 saturated heterocycles. The third kappa shape index (κ3) is 3.05. The molecule has 3 heterocycles. The van der Waals surface area contributed by atoms with Gasteiger partial charge in [-0.2, -0.15) is 0 Å². The number of ether oxygens (including phenoxy) is 1. The lowest BCUT2D eigenvalue weighted by Gasteiger charge is -2.31. The Morgan fingerprint density at radius 1 is 0.889 bits per heavy atom. The summed E-state index contributed by atoms with van der Waals surface area (Å²) in [5.74, 6) is 0.735. The van der Waals surface area contributed by atoms with E-state index in [2.05, 4.69) is 9.88 Å². The van der Waals surface area contributed by atoms with Crippen LogP contribution in [0.25, 0.3) is 27.8 Å². The van der Waals surface area contributed by atoms with Gasteiger partial charge in [0.1, 0.15) is 5.75 Å². The second-order valence-corrected chi connectivity index (χ2v) is 9.24. The Morgan fingerprint density at radius 2 is 1.64 bits per heavy atom. The SMILES string of the molecule is COc1cccc(C2Nc3ccccc3-n3c(-c4ccc(C)cc4)c4c(=O)n(C)c(=O)n(C)c4c32)c1. The number of fused-ring (bicyclic) bond motifs is 5. The fourth-order valence-electron chi connectivity index (χ4n) is 5.27. The average molecular weight is 479 g/mol. The topological polar surface area (TPSA) is 70.2 Å². The molecule has 1 aliphatic rings. The summed E-state index contributed by atoms with van der Waals surface area (Å²) >= 11 is 0. The molecule has 36 heavy (non-hydrogen) atoms. The summed E-state index contributed by atoms with van der Waals surface area (Å²) in [5.41, 5.74) is 6.43. The van der Waals surface area contributed by atoms with Crippen LogP contribution in [-0.4, -0.2) is 20.8 Å². The van der Waals surface area contributed by atoms with E-state index in [1.807, 2.05) is 79.7 Å². The molecule has 0 spiro atoms. The molecule has 7 heteroatoms. The minimum Gasteiger partial charge on any atom is -0.497 e. The van der Waals surface area contributed by atoms with E-state index in [0.29, 0.717) is 10.9 Å². The van der Waals surface area contributed by atoms with Gasteiger partial charge in [0.15, 0.2) is 0 Å². The predicted molar refractivity (Wildman–Crippen MR) is 142 cm³/mol. The van der Waals surface area contributed by atoms with E-state index in [1.54, 1.807) is 18.7 Å². The second kappa shape index (κ2) is 8.02. The second-order valence-electron chi connectivity index (χ2n) is 9.24. The van der Waals surface area contributed by atoms with Gasteiger partial charge in [-0.1, -0.05) is 54.1 Å². The van der Waals surface area contributed by atoms with Crippen molar-refractivity contribution in [3.8, 4) is 22.7 Å². The fourth-order valence-corrected chi connectivity index (χ4v) is 5.27. The lowest BCUT2D eigenvalue weighted by molar-refractivity contribution is 0.414. The Morgan fingerprint density at radius 3 is 2.39 bits per heavy atom. The van der Waals surface area contributed by atoms with E-state index < -0.39 is 0 Å². The number of anilines is 1. The maximum Gasteiger partial charge on any atom is 0.331 e. The molecule has 2 aromatic heterocycles. The highest BCUT2D eigenvalue weighted by atomic mass is 16.5. The van der Waals surface area contributed by atoms with E-state index in [9.17, 15) is 9.59 Å². The van der Waals surface area contributed by atoms with Crippen molar-refractivity contribution < 1.29 is 4.74 Å². The van der Waals surface area contributed by atoms with Crippen LogP contribution >= 0.6 is 0 Å². The maximum absolute atomic E-state index is 13.7. The van der Waals surface area contributed by atoms with E-state index >= 15 is 0 Å². The first kappa shape index (κ1) is 22.0. The van der Waals surface area contributed by atoms with Crippen molar-refractivity contribution in [3.63, 3.8) is 0 Å². The molecule has 5 aromatic rings. The molecule has 0 bridgehead atoms. The van der Waals surface area contributed by atoms with Crippen LogP contribution in [-0.2, 0) is 14.1 Å². The van der Waals surface area contributed by atoms with Crippen LogP contribution in [0.2, 0.25) is 0 Å². The summed E-state index contributed by atoms with van der Waals surface area (Å²) in [4.78, 5) is 26.9. The molecule has 0 aliphatic carbocycles. The first-order chi connectivity index (χ1) is 17.4. The number of nitrogens with zero attached hydrogens (tertiary/aromatic N) is 3. The summed E-state index contributed by atoms with van der Waals surface area (Å²) < 4.78 is 10.4. The minimum absolute atomic E-state index is 0.313. The molecule has 180 valence electrons. The van der Waals surface area contributed by atoms with E-state index in [0.717, 1.165) is 45.2 Å². The van der Waals surface area contributed by atoms with Crippen LogP contribution in [0.5, 0.6) is 5.75 Å². The molecule has 3 aromatic carbocycles. The number of benzene rings is 3. The van der Waals surface area contributed by atoms with Crippen LogP contribution in [0, 0.1) is 6.92 Å². The maximum atomic E-state index is 13.7. The molecular formula is C29H26N4O3. The molecule has 0 saturated carbocycles.